The van der Waals surface area contributed by atoms with Crippen molar-refractivity contribution in [2.75, 3.05) is 4.90 Å². The molecule has 3 rings (SSSR count). The number of anilines is 1. The molecule has 1 aliphatic rings. The minimum absolute atomic E-state index is 0.00882. The minimum atomic E-state index is -0.444. The van der Waals surface area contributed by atoms with Gasteiger partial charge in [0.15, 0.2) is 0 Å². The highest BCUT2D eigenvalue weighted by molar-refractivity contribution is 5.94. The van der Waals surface area contributed by atoms with Crippen LogP contribution in [0.15, 0.2) is 30.6 Å². The average molecular weight is 399 g/mol. The summed E-state index contributed by atoms with van der Waals surface area (Å²) in [4.78, 5) is 26.3. The van der Waals surface area contributed by atoms with Crippen molar-refractivity contribution in [3.05, 3.63) is 36.2 Å². The first-order chi connectivity index (χ1) is 13.8. The Kier molecular flexibility index (Phi) is 6.25. The molecule has 2 atom stereocenters. The highest BCUT2D eigenvalue weighted by atomic mass is 16.6. The van der Waals surface area contributed by atoms with E-state index in [2.05, 4.69) is 17.3 Å². The number of alkyl carbamates (subject to hydrolysis) is 1. The van der Waals surface area contributed by atoms with Crippen molar-refractivity contribution in [2.24, 2.45) is 0 Å². The Balaban J connectivity index is 1.98. The fourth-order valence-electron chi connectivity index (χ4n) is 3.91. The number of benzene rings is 1. The second kappa shape index (κ2) is 8.68. The van der Waals surface area contributed by atoms with Crippen LogP contribution in [-0.2, 0) is 16.1 Å². The first-order valence-electron chi connectivity index (χ1n) is 10.2. The topological polar surface area (TPSA) is 76.5 Å². The highest BCUT2D eigenvalue weighted by Crippen LogP contribution is 2.39. The summed E-state index contributed by atoms with van der Waals surface area (Å²) in [5.74, 6) is -0.00882. The first kappa shape index (κ1) is 20.9. The number of carbonyl (C=O) groups excluding carboxylic acids is 2. The van der Waals surface area contributed by atoms with E-state index >= 15 is 0 Å². The van der Waals surface area contributed by atoms with Crippen LogP contribution in [0.25, 0.3) is 11.1 Å². The molecule has 0 radical (unpaired) electrons. The first-order valence-corrected chi connectivity index (χ1v) is 10.2. The maximum absolute atomic E-state index is 12.3. The molecular weight excluding hydrogens is 368 g/mol. The van der Waals surface area contributed by atoms with Gasteiger partial charge in [0.1, 0.15) is 0 Å². The molecule has 2 heterocycles. The second-order valence-corrected chi connectivity index (χ2v) is 7.89. The lowest BCUT2D eigenvalue weighted by Gasteiger charge is -2.39. The number of rotatable bonds is 5. The van der Waals surface area contributed by atoms with Crippen LogP contribution >= 0.6 is 0 Å². The van der Waals surface area contributed by atoms with Crippen LogP contribution in [0.4, 0.5) is 10.5 Å². The molecule has 2 amide bonds. The molecule has 0 saturated heterocycles. The van der Waals surface area contributed by atoms with Gasteiger partial charge < -0.3 is 15.0 Å². The number of hydrogen-bond acceptors (Lipinski definition) is 4. The molecule has 7 nitrogen and oxygen atoms in total. The molecule has 29 heavy (non-hydrogen) atoms. The van der Waals surface area contributed by atoms with Crippen LogP contribution < -0.4 is 10.2 Å². The fourth-order valence-corrected chi connectivity index (χ4v) is 3.91. The minimum Gasteiger partial charge on any atom is -0.447 e. The van der Waals surface area contributed by atoms with Gasteiger partial charge in [-0.1, -0.05) is 13.0 Å². The van der Waals surface area contributed by atoms with Crippen molar-refractivity contribution in [3.8, 4) is 11.1 Å². The predicted molar refractivity (Wildman–Crippen MR) is 113 cm³/mol. The van der Waals surface area contributed by atoms with Crippen molar-refractivity contribution in [3.63, 3.8) is 0 Å². The van der Waals surface area contributed by atoms with E-state index in [1.807, 2.05) is 56.0 Å². The lowest BCUT2D eigenvalue weighted by Crippen LogP contribution is -2.45. The number of hydrogen-bond donors (Lipinski definition) is 1. The van der Waals surface area contributed by atoms with Gasteiger partial charge in [0.2, 0.25) is 5.91 Å². The predicted octanol–water partition coefficient (Wildman–Crippen LogP) is 4.28. The third-order valence-corrected chi connectivity index (χ3v) is 5.07. The molecule has 2 aromatic rings. The second-order valence-electron chi connectivity index (χ2n) is 7.89. The quantitative estimate of drug-likeness (QED) is 0.815. The summed E-state index contributed by atoms with van der Waals surface area (Å²) in [5, 5.41) is 7.39. The van der Waals surface area contributed by atoms with Crippen molar-refractivity contribution < 1.29 is 14.3 Å². The van der Waals surface area contributed by atoms with Gasteiger partial charge >= 0.3 is 6.09 Å². The molecule has 1 aromatic carbocycles. The van der Waals surface area contributed by atoms with Gasteiger partial charge in [-0.2, -0.15) is 5.10 Å². The zero-order valence-corrected chi connectivity index (χ0v) is 17.8. The van der Waals surface area contributed by atoms with Crippen LogP contribution in [0.2, 0.25) is 0 Å². The lowest BCUT2D eigenvalue weighted by molar-refractivity contribution is -0.117. The molecule has 0 aliphatic carbocycles. The van der Waals surface area contributed by atoms with E-state index in [1.165, 1.54) is 0 Å². The van der Waals surface area contributed by atoms with Crippen molar-refractivity contribution >= 4 is 17.7 Å². The van der Waals surface area contributed by atoms with E-state index in [4.69, 9.17) is 4.74 Å². The van der Waals surface area contributed by atoms with Gasteiger partial charge in [-0.3, -0.25) is 9.48 Å². The number of aryl methyl sites for hydroxylation is 1. The van der Waals surface area contributed by atoms with Crippen molar-refractivity contribution in [1.82, 2.24) is 15.1 Å². The number of carbonyl (C=O) groups is 2. The summed E-state index contributed by atoms with van der Waals surface area (Å²) in [6, 6.07) is 5.76. The van der Waals surface area contributed by atoms with E-state index in [-0.39, 0.29) is 24.1 Å². The summed E-state index contributed by atoms with van der Waals surface area (Å²) >= 11 is 0. The third kappa shape index (κ3) is 4.60. The van der Waals surface area contributed by atoms with Crippen molar-refractivity contribution in [2.45, 2.75) is 72.2 Å². The molecule has 7 heteroatoms. The van der Waals surface area contributed by atoms with E-state index in [0.717, 1.165) is 35.3 Å². The Hall–Kier alpha value is -2.83. The summed E-state index contributed by atoms with van der Waals surface area (Å²) in [7, 11) is 0. The van der Waals surface area contributed by atoms with E-state index in [9.17, 15) is 9.59 Å². The van der Waals surface area contributed by atoms with Crippen LogP contribution in [0, 0.1) is 0 Å². The number of ether oxygens (including phenoxy) is 1. The summed E-state index contributed by atoms with van der Waals surface area (Å²) in [6.07, 6.45) is 4.87. The zero-order valence-electron chi connectivity index (χ0n) is 17.8. The Morgan fingerprint density at radius 1 is 1.31 bits per heavy atom. The maximum atomic E-state index is 12.3. The van der Waals surface area contributed by atoms with Gasteiger partial charge in [0.25, 0.3) is 0 Å². The number of amides is 2. The van der Waals surface area contributed by atoms with Gasteiger partial charge in [-0.25, -0.2) is 4.79 Å². The molecule has 0 fully saturated rings. The molecule has 1 aliphatic heterocycles. The lowest BCUT2D eigenvalue weighted by atomic mass is 9.89. The Morgan fingerprint density at radius 3 is 2.72 bits per heavy atom. The largest absolute Gasteiger partial charge is 0.447 e. The molecule has 1 N–H and O–H groups in total. The number of fused-ring (bicyclic) bond motifs is 1. The fraction of sp³-hybridized carbons (Fsp3) is 0.500. The molecule has 0 spiro atoms. The average Bonchev–Trinajstić information content (AvgIpc) is 3.09. The van der Waals surface area contributed by atoms with Crippen molar-refractivity contribution in [1.29, 1.82) is 0 Å². The molecule has 1 aromatic heterocycles. The Bertz CT molecular complexity index is 890. The normalized spacial score (nSPS) is 18.5. The number of nitrogens with one attached hydrogen (secondary N) is 1. The molecular formula is C22H30N4O3. The van der Waals surface area contributed by atoms with Gasteiger partial charge in [-0.15, -0.1) is 0 Å². The summed E-state index contributed by atoms with van der Waals surface area (Å²) in [6.45, 7) is 10.2. The summed E-state index contributed by atoms with van der Waals surface area (Å²) in [5.41, 5.74) is 3.77. The number of aromatic nitrogens is 2. The Labute approximate surface area is 172 Å². The van der Waals surface area contributed by atoms with Gasteiger partial charge in [-0.05, 0) is 56.9 Å². The van der Waals surface area contributed by atoms with Crippen LogP contribution in [0.5, 0.6) is 0 Å². The van der Waals surface area contributed by atoms with Gasteiger partial charge in [0, 0.05) is 37.0 Å². The van der Waals surface area contributed by atoms with Crippen LogP contribution in [-0.4, -0.2) is 33.9 Å². The molecule has 0 saturated carbocycles. The van der Waals surface area contributed by atoms with Gasteiger partial charge in [0.05, 0.1) is 18.3 Å². The van der Waals surface area contributed by atoms with E-state index in [1.54, 1.807) is 11.8 Å². The van der Waals surface area contributed by atoms with E-state index in [0.29, 0.717) is 6.42 Å². The maximum Gasteiger partial charge on any atom is 0.407 e. The zero-order chi connectivity index (χ0) is 21.1. The summed E-state index contributed by atoms with van der Waals surface area (Å²) < 4.78 is 7.20. The monoisotopic (exact) mass is 398 g/mol. The highest BCUT2D eigenvalue weighted by Gasteiger charge is 2.33. The SMILES string of the molecule is CCCn1cc(-c2ccc3c(c2)[C@H](NC(=O)OC(C)C)C[C@H](C)N3C(C)=O)cn1. The molecule has 0 bridgehead atoms. The van der Waals surface area contributed by atoms with Crippen LogP contribution in [0.1, 0.15) is 59.1 Å². The smallest absolute Gasteiger partial charge is 0.407 e. The van der Waals surface area contributed by atoms with E-state index < -0.39 is 6.09 Å². The number of nitrogens with zero attached hydrogens (tertiary/aromatic N) is 3. The molecule has 156 valence electrons. The Morgan fingerprint density at radius 2 is 2.07 bits per heavy atom. The standard InChI is InChI=1S/C22H30N4O3/c1-6-9-25-13-18(12-23-25)17-7-8-21-19(11-17)20(24-22(28)29-14(2)3)10-15(4)26(21)16(5)27/h7-8,11-15,20H,6,9-10H2,1-5H3,(H,24,28)/t15-,20+/m0/s1. The third-order valence-electron chi connectivity index (χ3n) is 5.07. The molecule has 0 unspecified atom stereocenters. The van der Waals surface area contributed by atoms with Crippen LogP contribution in [0.3, 0.4) is 0 Å².